The molecule has 1 aromatic heterocycles. The number of nitrogens with zero attached hydrogens (tertiary/aromatic N) is 3. The van der Waals surface area contributed by atoms with Crippen molar-refractivity contribution in [2.75, 3.05) is 0 Å². The third-order valence-corrected chi connectivity index (χ3v) is 4.39. The van der Waals surface area contributed by atoms with Crippen LogP contribution in [0.15, 0.2) is 66.7 Å². The summed E-state index contributed by atoms with van der Waals surface area (Å²) in [5.41, 5.74) is 4.15. The van der Waals surface area contributed by atoms with E-state index in [2.05, 4.69) is 53.6 Å². The number of aryl methyl sites for hydroxylation is 2. The molecule has 0 fully saturated rings. The zero-order valence-electron chi connectivity index (χ0n) is 14.3. The van der Waals surface area contributed by atoms with Crippen LogP contribution in [-0.2, 0) is 13.7 Å². The van der Waals surface area contributed by atoms with Crippen LogP contribution in [0.5, 0.6) is 5.88 Å². The smallest absolute Gasteiger partial charge is 0.240 e. The Morgan fingerprint density at radius 1 is 0.920 bits per heavy atom. The first kappa shape index (κ1) is 15.4. The van der Waals surface area contributed by atoms with Crippen LogP contribution in [0.2, 0.25) is 0 Å². The van der Waals surface area contributed by atoms with Crippen molar-refractivity contribution in [2.24, 2.45) is 7.05 Å². The first-order valence-electron chi connectivity index (χ1n) is 8.28. The highest BCUT2D eigenvalue weighted by Crippen LogP contribution is 2.28. The van der Waals surface area contributed by atoms with Gasteiger partial charge in [-0.05, 0) is 34.9 Å². The Morgan fingerprint density at radius 3 is 2.36 bits per heavy atom. The van der Waals surface area contributed by atoms with E-state index >= 15 is 0 Å². The second-order valence-electron chi connectivity index (χ2n) is 6.15. The summed E-state index contributed by atoms with van der Waals surface area (Å²) >= 11 is 0. The van der Waals surface area contributed by atoms with Gasteiger partial charge in [-0.3, -0.25) is 0 Å². The summed E-state index contributed by atoms with van der Waals surface area (Å²) in [5.74, 6) is 0.679. The van der Waals surface area contributed by atoms with Gasteiger partial charge in [-0.1, -0.05) is 65.9 Å². The Hall–Kier alpha value is -3.14. The molecule has 4 nitrogen and oxygen atoms in total. The van der Waals surface area contributed by atoms with E-state index in [1.165, 1.54) is 21.9 Å². The number of fused-ring (bicyclic) bond motifs is 1. The van der Waals surface area contributed by atoms with Crippen molar-refractivity contribution in [1.82, 2.24) is 15.0 Å². The predicted molar refractivity (Wildman–Crippen MR) is 99.5 cm³/mol. The topological polar surface area (TPSA) is 39.9 Å². The van der Waals surface area contributed by atoms with Crippen LogP contribution in [0.1, 0.15) is 11.1 Å². The second-order valence-corrected chi connectivity index (χ2v) is 6.15. The first-order valence-corrected chi connectivity index (χ1v) is 8.28. The monoisotopic (exact) mass is 329 g/mol. The molecule has 0 spiro atoms. The molecule has 4 rings (SSSR count). The maximum atomic E-state index is 6.12. The lowest BCUT2D eigenvalue weighted by Crippen LogP contribution is -2.03. The van der Waals surface area contributed by atoms with Crippen molar-refractivity contribution in [3.63, 3.8) is 0 Å². The molecule has 0 atom stereocenters. The van der Waals surface area contributed by atoms with Gasteiger partial charge in [0.05, 0.1) is 0 Å². The summed E-state index contributed by atoms with van der Waals surface area (Å²) in [6.07, 6.45) is 0. The van der Waals surface area contributed by atoms with E-state index < -0.39 is 0 Å². The molecule has 25 heavy (non-hydrogen) atoms. The van der Waals surface area contributed by atoms with Crippen molar-refractivity contribution in [1.29, 1.82) is 0 Å². The van der Waals surface area contributed by atoms with Crippen LogP contribution < -0.4 is 4.74 Å². The number of ether oxygens (including phenoxy) is 1. The summed E-state index contributed by atoms with van der Waals surface area (Å²) in [6, 6.07) is 22.7. The van der Waals surface area contributed by atoms with Crippen LogP contribution in [0.3, 0.4) is 0 Å². The van der Waals surface area contributed by atoms with Crippen molar-refractivity contribution < 1.29 is 4.74 Å². The van der Waals surface area contributed by atoms with E-state index in [-0.39, 0.29) is 0 Å². The number of hydrogen-bond acceptors (Lipinski definition) is 3. The van der Waals surface area contributed by atoms with Gasteiger partial charge in [0.15, 0.2) is 5.69 Å². The first-order chi connectivity index (χ1) is 12.2. The van der Waals surface area contributed by atoms with E-state index in [0.29, 0.717) is 12.5 Å². The maximum Gasteiger partial charge on any atom is 0.240 e. The molecule has 0 bridgehead atoms. The van der Waals surface area contributed by atoms with Crippen LogP contribution in [-0.4, -0.2) is 15.0 Å². The molecule has 0 saturated carbocycles. The molecule has 0 aliphatic carbocycles. The average molecular weight is 329 g/mol. The molecular weight excluding hydrogens is 310 g/mol. The number of rotatable bonds is 4. The second kappa shape index (κ2) is 6.40. The highest BCUT2D eigenvalue weighted by molar-refractivity contribution is 5.84. The van der Waals surface area contributed by atoms with Gasteiger partial charge in [0.2, 0.25) is 5.88 Å². The molecule has 0 saturated heterocycles. The Balaban J connectivity index is 1.64. The van der Waals surface area contributed by atoms with Crippen molar-refractivity contribution in [3.8, 4) is 17.1 Å². The molecule has 0 amide bonds. The minimum absolute atomic E-state index is 0.484. The van der Waals surface area contributed by atoms with Crippen molar-refractivity contribution >= 4 is 10.8 Å². The third kappa shape index (κ3) is 2.98. The van der Waals surface area contributed by atoms with Crippen molar-refractivity contribution in [3.05, 3.63) is 77.9 Å². The van der Waals surface area contributed by atoms with E-state index in [1.807, 2.05) is 37.4 Å². The van der Waals surface area contributed by atoms with E-state index in [4.69, 9.17) is 4.74 Å². The van der Waals surface area contributed by atoms with E-state index in [9.17, 15) is 0 Å². The molecule has 0 aliphatic rings. The zero-order chi connectivity index (χ0) is 17.2. The molecule has 0 aliphatic heterocycles. The molecule has 1 heterocycles. The van der Waals surface area contributed by atoms with Crippen molar-refractivity contribution in [2.45, 2.75) is 13.5 Å². The van der Waals surface area contributed by atoms with Crippen LogP contribution >= 0.6 is 0 Å². The Labute approximate surface area is 146 Å². The highest BCUT2D eigenvalue weighted by atomic mass is 16.5. The summed E-state index contributed by atoms with van der Waals surface area (Å²) in [7, 11) is 1.85. The van der Waals surface area contributed by atoms with Gasteiger partial charge >= 0.3 is 0 Å². The number of hydrogen-bond donors (Lipinski definition) is 0. The lowest BCUT2D eigenvalue weighted by Gasteiger charge is -2.11. The lowest BCUT2D eigenvalue weighted by molar-refractivity contribution is 0.279. The van der Waals surface area contributed by atoms with Crippen LogP contribution in [0, 0.1) is 6.92 Å². The normalized spacial score (nSPS) is 11.0. The van der Waals surface area contributed by atoms with Gasteiger partial charge in [0.1, 0.15) is 6.61 Å². The van der Waals surface area contributed by atoms with Gasteiger partial charge in [-0.25, -0.2) is 4.68 Å². The fraction of sp³-hybridized carbons (Fsp3) is 0.143. The standard InChI is InChI=1S/C21H19N3O/c1-15-12-17-10-6-7-11-18(17)13-19(15)14-25-21-20(22-23-24(21)2)16-8-4-3-5-9-16/h3-13H,14H2,1-2H3. The fourth-order valence-corrected chi connectivity index (χ4v) is 2.99. The third-order valence-electron chi connectivity index (χ3n) is 4.39. The molecular formula is C21H19N3O. The summed E-state index contributed by atoms with van der Waals surface area (Å²) < 4.78 is 7.80. The zero-order valence-corrected chi connectivity index (χ0v) is 14.3. The maximum absolute atomic E-state index is 6.12. The van der Waals surface area contributed by atoms with E-state index in [1.54, 1.807) is 4.68 Å². The summed E-state index contributed by atoms with van der Waals surface area (Å²) in [6.45, 7) is 2.60. The summed E-state index contributed by atoms with van der Waals surface area (Å²) in [4.78, 5) is 0. The molecule has 124 valence electrons. The molecule has 0 radical (unpaired) electrons. The average Bonchev–Trinajstić information content (AvgIpc) is 3.01. The van der Waals surface area contributed by atoms with E-state index in [0.717, 1.165) is 11.3 Å². The van der Waals surface area contributed by atoms with Gasteiger partial charge in [-0.2, -0.15) is 0 Å². The fourth-order valence-electron chi connectivity index (χ4n) is 2.99. The molecule has 0 N–H and O–H groups in total. The molecule has 3 aromatic carbocycles. The van der Waals surface area contributed by atoms with Gasteiger partial charge < -0.3 is 4.74 Å². The molecule has 0 unspecified atom stereocenters. The Bertz CT molecular complexity index is 1020. The van der Waals surface area contributed by atoms with Gasteiger partial charge in [-0.15, -0.1) is 5.10 Å². The molecule has 4 heteroatoms. The largest absolute Gasteiger partial charge is 0.471 e. The minimum Gasteiger partial charge on any atom is -0.471 e. The van der Waals surface area contributed by atoms with Gasteiger partial charge in [0.25, 0.3) is 0 Å². The SMILES string of the molecule is Cc1cc2ccccc2cc1COc1c(-c2ccccc2)nnn1C. The number of benzene rings is 3. The minimum atomic E-state index is 0.484. The van der Waals surface area contributed by atoms with Crippen LogP contribution in [0.4, 0.5) is 0 Å². The number of aromatic nitrogens is 3. The molecule has 4 aromatic rings. The summed E-state index contributed by atoms with van der Waals surface area (Å²) in [5, 5.41) is 10.8. The quantitative estimate of drug-likeness (QED) is 0.552. The van der Waals surface area contributed by atoms with Gasteiger partial charge in [0, 0.05) is 12.6 Å². The highest BCUT2D eigenvalue weighted by Gasteiger charge is 2.14. The van der Waals surface area contributed by atoms with Crippen LogP contribution in [0.25, 0.3) is 22.0 Å². The Kier molecular flexibility index (Phi) is 3.94. The predicted octanol–water partition coefficient (Wildman–Crippen LogP) is 4.52. The lowest BCUT2D eigenvalue weighted by atomic mass is 10.0. The Morgan fingerprint density at radius 2 is 1.60 bits per heavy atom.